The number of aromatic hydroxyl groups is 1. The number of fused-ring (bicyclic) bond motifs is 1. The molecule has 0 aliphatic heterocycles. The van der Waals surface area contributed by atoms with Crippen LogP contribution in [0.5, 0.6) is 5.88 Å². The van der Waals surface area contributed by atoms with Crippen LogP contribution in [0.15, 0.2) is 53.5 Å². The highest BCUT2D eigenvalue weighted by Crippen LogP contribution is 2.28. The maximum atomic E-state index is 10.0. The second-order valence-electron chi connectivity index (χ2n) is 4.94. The van der Waals surface area contributed by atoms with Gasteiger partial charge in [0.05, 0.1) is 17.1 Å². The maximum absolute atomic E-state index is 10.0. The van der Waals surface area contributed by atoms with Crippen molar-refractivity contribution in [1.29, 1.82) is 0 Å². The van der Waals surface area contributed by atoms with Crippen LogP contribution in [0.1, 0.15) is 24.1 Å². The molecule has 0 aliphatic rings. The van der Waals surface area contributed by atoms with Crippen molar-refractivity contribution in [3.8, 4) is 5.88 Å². The summed E-state index contributed by atoms with van der Waals surface area (Å²) in [6, 6.07) is 15.5. The number of aromatic nitrogens is 1. The van der Waals surface area contributed by atoms with Gasteiger partial charge < -0.3 is 10.1 Å². The van der Waals surface area contributed by atoms with Crippen LogP contribution in [-0.2, 0) is 0 Å². The lowest BCUT2D eigenvalue weighted by atomic mass is 10.1. The van der Waals surface area contributed by atoms with Gasteiger partial charge in [0.2, 0.25) is 0 Å². The predicted molar refractivity (Wildman–Crippen MR) is 87.4 cm³/mol. The SMILES string of the molecule is CC(N=Cc1c(O)[nH]c2cc(Cl)ccc12)c1ccccc1. The molecule has 21 heavy (non-hydrogen) atoms. The Kier molecular flexibility index (Phi) is 3.67. The molecule has 2 N–H and O–H groups in total. The third kappa shape index (κ3) is 2.78. The van der Waals surface area contributed by atoms with E-state index in [4.69, 9.17) is 11.6 Å². The molecule has 0 radical (unpaired) electrons. The molecule has 0 fully saturated rings. The van der Waals surface area contributed by atoms with Crippen LogP contribution in [0, 0.1) is 0 Å². The van der Waals surface area contributed by atoms with Gasteiger partial charge in [-0.25, -0.2) is 0 Å². The van der Waals surface area contributed by atoms with E-state index in [0.29, 0.717) is 10.6 Å². The molecule has 1 atom stereocenters. The topological polar surface area (TPSA) is 48.4 Å². The number of aromatic amines is 1. The first kappa shape index (κ1) is 13.7. The van der Waals surface area contributed by atoms with Crippen LogP contribution in [0.25, 0.3) is 10.9 Å². The Morgan fingerprint density at radius 2 is 1.95 bits per heavy atom. The Bertz CT molecular complexity index is 793. The zero-order chi connectivity index (χ0) is 14.8. The molecule has 3 nitrogen and oxygen atoms in total. The Labute approximate surface area is 127 Å². The first-order chi connectivity index (χ1) is 10.1. The molecule has 1 unspecified atom stereocenters. The lowest BCUT2D eigenvalue weighted by molar-refractivity contribution is 0.457. The Morgan fingerprint density at radius 3 is 2.71 bits per heavy atom. The smallest absolute Gasteiger partial charge is 0.198 e. The normalized spacial score (nSPS) is 13.0. The van der Waals surface area contributed by atoms with Gasteiger partial charge >= 0.3 is 0 Å². The number of aliphatic imine (C=N–C) groups is 1. The second-order valence-corrected chi connectivity index (χ2v) is 5.38. The first-order valence-electron chi connectivity index (χ1n) is 6.73. The van der Waals surface area contributed by atoms with Gasteiger partial charge in [0.15, 0.2) is 5.88 Å². The van der Waals surface area contributed by atoms with Crippen molar-refractivity contribution in [3.05, 3.63) is 64.7 Å². The molecule has 3 aromatic rings. The van der Waals surface area contributed by atoms with Crippen molar-refractivity contribution in [3.63, 3.8) is 0 Å². The van der Waals surface area contributed by atoms with Gasteiger partial charge in [0.1, 0.15) is 0 Å². The maximum Gasteiger partial charge on any atom is 0.198 e. The number of hydrogen-bond donors (Lipinski definition) is 2. The van der Waals surface area contributed by atoms with Gasteiger partial charge in [-0.15, -0.1) is 0 Å². The number of nitrogens with one attached hydrogen (secondary N) is 1. The van der Waals surface area contributed by atoms with E-state index in [9.17, 15) is 5.11 Å². The van der Waals surface area contributed by atoms with E-state index >= 15 is 0 Å². The van der Waals surface area contributed by atoms with E-state index in [-0.39, 0.29) is 11.9 Å². The van der Waals surface area contributed by atoms with E-state index < -0.39 is 0 Å². The minimum Gasteiger partial charge on any atom is -0.494 e. The molecular weight excluding hydrogens is 284 g/mol. The lowest BCUT2D eigenvalue weighted by Gasteiger charge is -2.05. The second kappa shape index (κ2) is 5.62. The summed E-state index contributed by atoms with van der Waals surface area (Å²) in [5.74, 6) is 0.108. The first-order valence-corrected chi connectivity index (χ1v) is 7.11. The van der Waals surface area contributed by atoms with E-state index in [1.807, 2.05) is 43.3 Å². The summed E-state index contributed by atoms with van der Waals surface area (Å²) in [6.07, 6.45) is 1.71. The molecule has 0 aliphatic carbocycles. The standard InChI is InChI=1S/C17H15ClN2O/c1-11(12-5-3-2-4-6-12)19-10-15-14-8-7-13(18)9-16(14)20-17(15)21/h2-11,20-21H,1H3. The highest BCUT2D eigenvalue weighted by Gasteiger charge is 2.10. The van der Waals surface area contributed by atoms with Gasteiger partial charge in [-0.3, -0.25) is 4.99 Å². The average Bonchev–Trinajstić information content (AvgIpc) is 2.80. The molecule has 106 valence electrons. The largest absolute Gasteiger partial charge is 0.494 e. The molecule has 0 saturated carbocycles. The Hall–Kier alpha value is -2.26. The minimum absolute atomic E-state index is 0.0304. The van der Waals surface area contributed by atoms with E-state index in [2.05, 4.69) is 9.98 Å². The third-order valence-corrected chi connectivity index (χ3v) is 3.72. The lowest BCUT2D eigenvalue weighted by Crippen LogP contribution is -1.90. The van der Waals surface area contributed by atoms with Crippen LogP contribution in [0.3, 0.4) is 0 Å². The molecule has 0 spiro atoms. The monoisotopic (exact) mass is 298 g/mol. The highest BCUT2D eigenvalue weighted by atomic mass is 35.5. The van der Waals surface area contributed by atoms with Crippen LogP contribution < -0.4 is 0 Å². The fraction of sp³-hybridized carbons (Fsp3) is 0.118. The molecular formula is C17H15ClN2O. The summed E-state index contributed by atoms with van der Waals surface area (Å²) in [4.78, 5) is 7.44. The fourth-order valence-electron chi connectivity index (χ4n) is 2.31. The zero-order valence-electron chi connectivity index (χ0n) is 11.5. The molecule has 3 rings (SSSR count). The van der Waals surface area contributed by atoms with Crippen molar-refractivity contribution in [2.45, 2.75) is 13.0 Å². The Morgan fingerprint density at radius 1 is 1.19 bits per heavy atom. The van der Waals surface area contributed by atoms with Crippen LogP contribution in [0.2, 0.25) is 5.02 Å². The highest BCUT2D eigenvalue weighted by molar-refractivity contribution is 6.31. The Balaban J connectivity index is 1.94. The van der Waals surface area contributed by atoms with E-state index in [0.717, 1.165) is 16.5 Å². The van der Waals surface area contributed by atoms with Crippen LogP contribution >= 0.6 is 11.6 Å². The van der Waals surface area contributed by atoms with Gasteiger partial charge in [0.25, 0.3) is 0 Å². The minimum atomic E-state index is 0.0304. The summed E-state index contributed by atoms with van der Waals surface area (Å²) >= 11 is 5.95. The molecule has 2 aromatic carbocycles. The van der Waals surface area contributed by atoms with Crippen molar-refractivity contribution in [2.24, 2.45) is 4.99 Å². The summed E-state index contributed by atoms with van der Waals surface area (Å²) in [7, 11) is 0. The fourth-order valence-corrected chi connectivity index (χ4v) is 2.48. The summed E-state index contributed by atoms with van der Waals surface area (Å²) in [5, 5.41) is 11.6. The number of rotatable bonds is 3. The van der Waals surface area contributed by atoms with Crippen molar-refractivity contribution < 1.29 is 5.11 Å². The van der Waals surface area contributed by atoms with E-state index in [1.54, 1.807) is 18.3 Å². The summed E-state index contributed by atoms with van der Waals surface area (Å²) < 4.78 is 0. The molecule has 1 heterocycles. The summed E-state index contributed by atoms with van der Waals surface area (Å²) in [6.45, 7) is 2.02. The van der Waals surface area contributed by atoms with Gasteiger partial charge in [0, 0.05) is 16.6 Å². The molecule has 0 saturated heterocycles. The number of H-pyrrole nitrogens is 1. The molecule has 1 aromatic heterocycles. The third-order valence-electron chi connectivity index (χ3n) is 3.49. The number of hydrogen-bond acceptors (Lipinski definition) is 2. The van der Waals surface area contributed by atoms with Crippen LogP contribution in [0.4, 0.5) is 0 Å². The van der Waals surface area contributed by atoms with Crippen molar-refractivity contribution in [2.75, 3.05) is 0 Å². The number of benzene rings is 2. The van der Waals surface area contributed by atoms with Gasteiger partial charge in [-0.1, -0.05) is 48.0 Å². The molecule has 0 bridgehead atoms. The summed E-state index contributed by atoms with van der Waals surface area (Å²) in [5.41, 5.74) is 2.62. The molecule has 0 amide bonds. The van der Waals surface area contributed by atoms with Gasteiger partial charge in [-0.05, 0) is 24.6 Å². The quantitative estimate of drug-likeness (QED) is 0.676. The zero-order valence-corrected chi connectivity index (χ0v) is 12.3. The van der Waals surface area contributed by atoms with Crippen molar-refractivity contribution in [1.82, 2.24) is 4.98 Å². The number of nitrogens with zero attached hydrogens (tertiary/aromatic N) is 1. The number of halogens is 1. The van der Waals surface area contributed by atoms with Crippen molar-refractivity contribution >= 4 is 28.7 Å². The average molecular weight is 299 g/mol. The molecule has 4 heteroatoms. The van der Waals surface area contributed by atoms with E-state index in [1.165, 1.54) is 0 Å². The van der Waals surface area contributed by atoms with Crippen LogP contribution in [-0.4, -0.2) is 16.3 Å². The van der Waals surface area contributed by atoms with Gasteiger partial charge in [-0.2, -0.15) is 0 Å². The predicted octanol–water partition coefficient (Wildman–Crippen LogP) is 4.71.